The topological polar surface area (TPSA) is 50.8 Å². The number of halogens is 5. The number of esters is 1. The first-order valence-corrected chi connectivity index (χ1v) is 17.0. The van der Waals surface area contributed by atoms with Crippen molar-refractivity contribution >= 4 is 23.4 Å². The van der Waals surface area contributed by atoms with E-state index in [4.69, 9.17) is 4.74 Å². The highest BCUT2D eigenvalue weighted by Crippen LogP contribution is 2.49. The van der Waals surface area contributed by atoms with Gasteiger partial charge in [-0.05, 0) is 85.3 Å². The van der Waals surface area contributed by atoms with E-state index >= 15 is 0 Å². The third-order valence-corrected chi connectivity index (χ3v) is 10.4. The van der Waals surface area contributed by atoms with Gasteiger partial charge in [0.2, 0.25) is 34.8 Å². The van der Waals surface area contributed by atoms with Crippen LogP contribution in [0.25, 0.3) is 6.08 Å². The van der Waals surface area contributed by atoms with E-state index in [2.05, 4.69) is 46.2 Å². The Labute approximate surface area is 277 Å². The molecule has 0 spiro atoms. The standard InChI is InChI=1S/C38H39F5N2O3/c1-38(15-6-2-3-13-29(46)48-37-33(42)31(40)30(39)32(41)34(37)43)21-24-20-23-19-22-9-7-17-45-18-8-10-25(35(22)45)36(23)47-28(24)14-16-44-27-12-5-4-11-26(27)38/h4-5,11-12,19-20,28,44H,2-3,6-10,13-18,21H2,1H3. The number of unbranched alkanes of at least 4 members (excludes halogenated alkanes) is 2. The minimum absolute atomic E-state index is 0.0522. The molecule has 10 heteroatoms. The zero-order chi connectivity index (χ0) is 33.6. The molecule has 4 aliphatic heterocycles. The van der Waals surface area contributed by atoms with E-state index in [1.54, 1.807) is 0 Å². The lowest BCUT2D eigenvalue weighted by atomic mass is 9.71. The molecule has 1 N–H and O–H groups in total. The van der Waals surface area contributed by atoms with Gasteiger partial charge in [-0.25, -0.2) is 13.2 Å². The minimum Gasteiger partial charge on any atom is -0.485 e. The summed E-state index contributed by atoms with van der Waals surface area (Å²) in [6.07, 6.45) is 10.6. The van der Waals surface area contributed by atoms with Gasteiger partial charge in [0, 0.05) is 55.0 Å². The average molecular weight is 667 g/mol. The van der Waals surface area contributed by atoms with Gasteiger partial charge >= 0.3 is 5.97 Å². The van der Waals surface area contributed by atoms with Gasteiger partial charge in [0.05, 0.1) is 0 Å². The number of carbonyl (C=O) groups is 1. The molecule has 3 aromatic rings. The summed E-state index contributed by atoms with van der Waals surface area (Å²) < 4.78 is 79.9. The van der Waals surface area contributed by atoms with Crippen LogP contribution in [0.15, 0.2) is 35.9 Å². The fourth-order valence-electron chi connectivity index (χ4n) is 8.09. The number of rotatable bonds is 7. The van der Waals surface area contributed by atoms with Crippen molar-refractivity contribution in [2.24, 2.45) is 0 Å². The molecule has 3 aromatic carbocycles. The van der Waals surface area contributed by atoms with Crippen molar-refractivity contribution in [1.82, 2.24) is 0 Å². The Morgan fingerprint density at radius 3 is 2.50 bits per heavy atom. The largest absolute Gasteiger partial charge is 0.485 e. The summed E-state index contributed by atoms with van der Waals surface area (Å²) >= 11 is 0. The van der Waals surface area contributed by atoms with Crippen molar-refractivity contribution in [2.75, 3.05) is 29.9 Å². The van der Waals surface area contributed by atoms with Gasteiger partial charge in [-0.15, -0.1) is 0 Å². The van der Waals surface area contributed by atoms with Gasteiger partial charge in [0.15, 0.2) is 0 Å². The minimum atomic E-state index is -2.30. The van der Waals surface area contributed by atoms with E-state index in [1.807, 2.05) is 12.1 Å². The highest BCUT2D eigenvalue weighted by atomic mass is 19.2. The second-order valence-corrected chi connectivity index (χ2v) is 13.7. The molecule has 0 saturated carbocycles. The smallest absolute Gasteiger partial charge is 0.311 e. The van der Waals surface area contributed by atoms with Crippen LogP contribution in [0.4, 0.5) is 33.3 Å². The predicted octanol–water partition coefficient (Wildman–Crippen LogP) is 8.95. The second-order valence-electron chi connectivity index (χ2n) is 13.7. The molecule has 4 aliphatic rings. The van der Waals surface area contributed by atoms with Gasteiger partial charge in [-0.2, -0.15) is 8.78 Å². The molecule has 2 atom stereocenters. The molecule has 0 radical (unpaired) electrons. The number of ether oxygens (including phenoxy) is 2. The van der Waals surface area contributed by atoms with Gasteiger partial charge in [0.25, 0.3) is 0 Å². The van der Waals surface area contributed by atoms with E-state index < -0.39 is 40.8 Å². The van der Waals surface area contributed by atoms with E-state index in [-0.39, 0.29) is 17.9 Å². The summed E-state index contributed by atoms with van der Waals surface area (Å²) in [6, 6.07) is 10.7. The molecule has 0 amide bonds. The molecular weight excluding hydrogens is 627 g/mol. The number of nitrogens with zero attached hydrogens (tertiary/aromatic N) is 1. The Bertz CT molecular complexity index is 1760. The quantitative estimate of drug-likeness (QED) is 0.0682. The fourth-order valence-corrected chi connectivity index (χ4v) is 8.09. The van der Waals surface area contributed by atoms with Crippen molar-refractivity contribution in [3.63, 3.8) is 0 Å². The van der Waals surface area contributed by atoms with Crippen LogP contribution in [0, 0.1) is 29.1 Å². The molecule has 5 nitrogen and oxygen atoms in total. The van der Waals surface area contributed by atoms with Crippen molar-refractivity contribution in [2.45, 2.75) is 89.1 Å². The molecule has 0 bridgehead atoms. The first-order chi connectivity index (χ1) is 23.1. The van der Waals surface area contributed by atoms with Gasteiger partial charge < -0.3 is 19.7 Å². The number of fused-ring (bicyclic) bond motifs is 4. The number of carbonyl (C=O) groups excluding carboxylic acids is 1. The zero-order valence-corrected chi connectivity index (χ0v) is 27.0. The first kappa shape index (κ1) is 32.5. The van der Waals surface area contributed by atoms with Crippen molar-refractivity contribution in [3.05, 3.63) is 87.2 Å². The molecular formula is C38H39F5N2O3. The summed E-state index contributed by atoms with van der Waals surface area (Å²) in [7, 11) is 0. The van der Waals surface area contributed by atoms with Crippen LogP contribution in [0.1, 0.15) is 87.0 Å². The van der Waals surface area contributed by atoms with E-state index in [9.17, 15) is 26.7 Å². The monoisotopic (exact) mass is 666 g/mol. The molecule has 0 aromatic heterocycles. The zero-order valence-electron chi connectivity index (χ0n) is 27.0. The fraction of sp³-hybridized carbons (Fsp3) is 0.447. The Morgan fingerprint density at radius 2 is 1.71 bits per heavy atom. The number of hydrogen-bond donors (Lipinski definition) is 1. The Kier molecular flexibility index (Phi) is 8.85. The SMILES string of the molecule is CC1(CCCCCC(=O)Oc2c(F)c(F)c(F)c(F)c2F)CC2=Cc3cc4c5c(c3OC2CCNc2ccccc21)CCCN5CCC4. The lowest BCUT2D eigenvalue weighted by molar-refractivity contribution is -0.135. The molecule has 0 aliphatic carbocycles. The molecule has 7 rings (SSSR count). The van der Waals surface area contributed by atoms with Crippen molar-refractivity contribution < 1.29 is 36.2 Å². The van der Waals surface area contributed by atoms with Gasteiger partial charge in [0.1, 0.15) is 11.9 Å². The molecule has 0 fully saturated rings. The van der Waals surface area contributed by atoms with Crippen molar-refractivity contribution in [3.8, 4) is 11.5 Å². The average Bonchev–Trinajstić information content (AvgIpc) is 3.14. The molecule has 4 heterocycles. The number of hydrogen-bond acceptors (Lipinski definition) is 5. The lowest BCUT2D eigenvalue weighted by Crippen LogP contribution is -2.36. The molecule has 48 heavy (non-hydrogen) atoms. The van der Waals surface area contributed by atoms with Gasteiger partial charge in [-0.1, -0.05) is 38.0 Å². The molecule has 0 saturated heterocycles. The molecule has 254 valence electrons. The highest BCUT2D eigenvalue weighted by molar-refractivity contribution is 5.76. The maximum Gasteiger partial charge on any atom is 0.311 e. The number of para-hydroxylation sites is 1. The van der Waals surface area contributed by atoms with Crippen molar-refractivity contribution in [1.29, 1.82) is 0 Å². The third kappa shape index (κ3) is 5.92. The van der Waals surface area contributed by atoms with E-state index in [0.29, 0.717) is 12.8 Å². The first-order valence-electron chi connectivity index (χ1n) is 17.0. The summed E-state index contributed by atoms with van der Waals surface area (Å²) in [4.78, 5) is 14.9. The maximum atomic E-state index is 14.0. The van der Waals surface area contributed by atoms with Crippen LogP contribution in [0.3, 0.4) is 0 Å². The van der Waals surface area contributed by atoms with E-state index in [0.717, 1.165) is 76.0 Å². The third-order valence-electron chi connectivity index (χ3n) is 10.4. The Morgan fingerprint density at radius 1 is 0.979 bits per heavy atom. The van der Waals surface area contributed by atoms with Crippen LogP contribution in [0.2, 0.25) is 0 Å². The van der Waals surface area contributed by atoms with E-state index in [1.165, 1.54) is 39.9 Å². The van der Waals surface area contributed by atoms with Crippen LogP contribution >= 0.6 is 0 Å². The number of aryl methyl sites for hydroxylation is 1. The number of benzene rings is 3. The highest BCUT2D eigenvalue weighted by Gasteiger charge is 2.37. The lowest BCUT2D eigenvalue weighted by Gasteiger charge is -2.40. The predicted molar refractivity (Wildman–Crippen MR) is 174 cm³/mol. The number of nitrogens with one attached hydrogen (secondary N) is 1. The van der Waals surface area contributed by atoms with Crippen LogP contribution in [-0.2, 0) is 23.1 Å². The summed E-state index contributed by atoms with van der Waals surface area (Å²) in [5.41, 5.74) is 8.65. The van der Waals surface area contributed by atoms with Crippen LogP contribution in [-0.4, -0.2) is 31.7 Å². The van der Waals surface area contributed by atoms with Gasteiger partial charge in [-0.3, -0.25) is 4.79 Å². The Hall–Kier alpha value is -4.08. The van der Waals surface area contributed by atoms with Crippen LogP contribution in [0.5, 0.6) is 11.5 Å². The summed E-state index contributed by atoms with van der Waals surface area (Å²) in [5.74, 6) is -12.5. The molecule has 2 unspecified atom stereocenters. The maximum absolute atomic E-state index is 14.0. The van der Waals surface area contributed by atoms with Crippen LogP contribution < -0.4 is 19.7 Å². The summed E-state index contributed by atoms with van der Waals surface area (Å²) in [6.45, 7) is 5.24. The normalized spacial score (nSPS) is 21.2. The summed E-state index contributed by atoms with van der Waals surface area (Å²) in [5, 5.41) is 3.66. The number of anilines is 2. The Balaban J connectivity index is 1.08. The second kappa shape index (κ2) is 13.1.